The summed E-state index contributed by atoms with van der Waals surface area (Å²) in [7, 11) is 0. The summed E-state index contributed by atoms with van der Waals surface area (Å²) in [5, 5.41) is 15.4. The molecule has 10 aromatic carbocycles. The van der Waals surface area contributed by atoms with Gasteiger partial charge in [-0.3, -0.25) is 0 Å². The molecule has 0 heteroatoms. The summed E-state index contributed by atoms with van der Waals surface area (Å²) in [6.07, 6.45) is 0. The lowest BCUT2D eigenvalue weighted by Gasteiger charge is -2.19. The minimum atomic E-state index is 1.23. The first-order valence-electron chi connectivity index (χ1n) is 16.7. The van der Waals surface area contributed by atoms with Gasteiger partial charge in [0.2, 0.25) is 0 Å². The van der Waals surface area contributed by atoms with Gasteiger partial charge in [0, 0.05) is 0 Å². The molecule has 0 bridgehead atoms. The van der Waals surface area contributed by atoms with Crippen LogP contribution in [0.5, 0.6) is 0 Å². The van der Waals surface area contributed by atoms with Crippen molar-refractivity contribution < 1.29 is 0 Å². The van der Waals surface area contributed by atoms with Gasteiger partial charge in [-0.1, -0.05) is 164 Å². The average molecular weight is 607 g/mol. The van der Waals surface area contributed by atoms with Crippen molar-refractivity contribution in [1.82, 2.24) is 0 Å². The van der Waals surface area contributed by atoms with Crippen LogP contribution >= 0.6 is 0 Å². The quantitative estimate of drug-likeness (QED) is 0.139. The first kappa shape index (κ1) is 26.9. The molecule has 0 atom stereocenters. The van der Waals surface area contributed by atoms with E-state index in [4.69, 9.17) is 0 Å². The number of benzene rings is 10. The molecule has 0 aliphatic heterocycles. The van der Waals surface area contributed by atoms with Gasteiger partial charge in [-0.15, -0.1) is 0 Å². The summed E-state index contributed by atoms with van der Waals surface area (Å²) in [6, 6.07) is 67.1. The lowest BCUT2D eigenvalue weighted by Crippen LogP contribution is -1.92. The minimum Gasteiger partial charge on any atom is -0.0616 e. The maximum atomic E-state index is 2.43. The van der Waals surface area contributed by atoms with Gasteiger partial charge in [-0.2, -0.15) is 0 Å². The summed E-state index contributed by atoms with van der Waals surface area (Å²) >= 11 is 0. The lowest BCUT2D eigenvalue weighted by molar-refractivity contribution is 1.63. The molecule has 48 heavy (non-hydrogen) atoms. The summed E-state index contributed by atoms with van der Waals surface area (Å²) in [6.45, 7) is 0. The molecule has 10 rings (SSSR count). The van der Waals surface area contributed by atoms with E-state index in [1.165, 1.54) is 98.0 Å². The molecule has 0 saturated heterocycles. The van der Waals surface area contributed by atoms with Crippen LogP contribution in [0.2, 0.25) is 0 Å². The monoisotopic (exact) mass is 606 g/mol. The zero-order valence-corrected chi connectivity index (χ0v) is 26.3. The predicted octanol–water partition coefficient (Wildman–Crippen LogP) is 13.6. The molecule has 0 nitrogen and oxygen atoms in total. The SMILES string of the molecule is c1cc(-c2ccc3ccccc3c2)cc(-c2c3ccccc3c(-c3ccc4c5ccccc5c5ccccc5c4c3)c3ccccc23)c1. The third-order valence-corrected chi connectivity index (χ3v) is 10.2. The Morgan fingerprint density at radius 2 is 0.583 bits per heavy atom. The van der Waals surface area contributed by atoms with Gasteiger partial charge in [0.05, 0.1) is 0 Å². The van der Waals surface area contributed by atoms with E-state index in [1.54, 1.807) is 0 Å². The fraction of sp³-hybridized carbons (Fsp3) is 0. The van der Waals surface area contributed by atoms with Crippen LogP contribution in [0, 0.1) is 0 Å². The first-order valence-corrected chi connectivity index (χ1v) is 16.7. The van der Waals surface area contributed by atoms with E-state index in [0.29, 0.717) is 0 Å². The van der Waals surface area contributed by atoms with Crippen molar-refractivity contribution in [3.05, 3.63) is 182 Å². The number of fused-ring (bicyclic) bond motifs is 9. The normalized spacial score (nSPS) is 11.8. The van der Waals surface area contributed by atoms with E-state index in [1.807, 2.05) is 0 Å². The molecule has 0 aromatic heterocycles. The van der Waals surface area contributed by atoms with Crippen molar-refractivity contribution >= 4 is 64.6 Å². The summed E-state index contributed by atoms with van der Waals surface area (Å²) in [4.78, 5) is 0. The Hall–Kier alpha value is -6.24. The van der Waals surface area contributed by atoms with Crippen molar-refractivity contribution in [3.63, 3.8) is 0 Å². The Balaban J connectivity index is 1.24. The molecule has 0 N–H and O–H groups in total. The fourth-order valence-electron chi connectivity index (χ4n) is 8.04. The topological polar surface area (TPSA) is 0 Å². The van der Waals surface area contributed by atoms with E-state index in [0.717, 1.165) is 0 Å². The first-order chi connectivity index (χ1) is 23.8. The van der Waals surface area contributed by atoms with Crippen molar-refractivity contribution in [2.24, 2.45) is 0 Å². The van der Waals surface area contributed by atoms with Crippen molar-refractivity contribution in [2.75, 3.05) is 0 Å². The summed E-state index contributed by atoms with van der Waals surface area (Å²) in [5.74, 6) is 0. The van der Waals surface area contributed by atoms with Gasteiger partial charge >= 0.3 is 0 Å². The Kier molecular flexibility index (Phi) is 5.98. The van der Waals surface area contributed by atoms with Crippen molar-refractivity contribution in [2.45, 2.75) is 0 Å². The molecule has 222 valence electrons. The van der Waals surface area contributed by atoms with E-state index >= 15 is 0 Å². The minimum absolute atomic E-state index is 1.23. The smallest absolute Gasteiger partial charge is 0.00261 e. The maximum absolute atomic E-state index is 2.43. The Morgan fingerprint density at radius 3 is 1.17 bits per heavy atom. The standard InChI is InChI=1S/C48H30/c1-2-13-32-28-34(25-24-31(32)12-1)33-14-11-15-35(29-33)47-42-20-7-9-22-44(42)48(45-23-10-8-21-43(45)47)36-26-27-41-39-18-4-3-16-37(39)38-17-5-6-19-40(38)46(41)30-36/h1-30H. The van der Waals surface area contributed by atoms with Gasteiger partial charge in [-0.25, -0.2) is 0 Å². The Bertz CT molecular complexity index is 2800. The van der Waals surface area contributed by atoms with Crippen LogP contribution in [-0.2, 0) is 0 Å². The fourth-order valence-corrected chi connectivity index (χ4v) is 8.04. The maximum Gasteiger partial charge on any atom is -0.00261 e. The highest BCUT2D eigenvalue weighted by Crippen LogP contribution is 2.46. The molecule has 0 fully saturated rings. The third kappa shape index (κ3) is 4.10. The number of rotatable bonds is 3. The molecule has 0 heterocycles. The average Bonchev–Trinajstić information content (AvgIpc) is 3.16. The third-order valence-electron chi connectivity index (χ3n) is 10.2. The molecule has 10 aromatic rings. The second-order valence-electron chi connectivity index (χ2n) is 12.8. The Morgan fingerprint density at radius 1 is 0.188 bits per heavy atom. The zero-order chi connectivity index (χ0) is 31.6. The van der Waals surface area contributed by atoms with Crippen LogP contribution < -0.4 is 0 Å². The summed E-state index contributed by atoms with van der Waals surface area (Å²) in [5.41, 5.74) is 7.50. The molecule has 0 saturated carbocycles. The van der Waals surface area contributed by atoms with E-state index in [9.17, 15) is 0 Å². The van der Waals surface area contributed by atoms with Crippen LogP contribution in [0.15, 0.2) is 182 Å². The molecule has 0 aliphatic rings. The van der Waals surface area contributed by atoms with Crippen LogP contribution in [-0.4, -0.2) is 0 Å². The largest absolute Gasteiger partial charge is 0.0616 e. The van der Waals surface area contributed by atoms with Crippen molar-refractivity contribution in [3.8, 4) is 33.4 Å². The molecular weight excluding hydrogens is 577 g/mol. The highest BCUT2D eigenvalue weighted by molar-refractivity contribution is 6.27. The van der Waals surface area contributed by atoms with Crippen molar-refractivity contribution in [1.29, 1.82) is 0 Å². The van der Waals surface area contributed by atoms with Gasteiger partial charge < -0.3 is 0 Å². The van der Waals surface area contributed by atoms with E-state index < -0.39 is 0 Å². The van der Waals surface area contributed by atoms with Gasteiger partial charge in [-0.05, 0) is 116 Å². The van der Waals surface area contributed by atoms with E-state index in [2.05, 4.69) is 182 Å². The van der Waals surface area contributed by atoms with Gasteiger partial charge in [0.1, 0.15) is 0 Å². The van der Waals surface area contributed by atoms with Crippen LogP contribution in [0.25, 0.3) is 98.0 Å². The molecular formula is C48H30. The summed E-state index contributed by atoms with van der Waals surface area (Å²) < 4.78 is 0. The zero-order valence-electron chi connectivity index (χ0n) is 26.3. The van der Waals surface area contributed by atoms with Gasteiger partial charge in [0.15, 0.2) is 0 Å². The highest BCUT2D eigenvalue weighted by Gasteiger charge is 2.18. The second-order valence-corrected chi connectivity index (χ2v) is 12.8. The van der Waals surface area contributed by atoms with Gasteiger partial charge in [0.25, 0.3) is 0 Å². The molecule has 0 spiro atoms. The highest BCUT2D eigenvalue weighted by atomic mass is 14.2. The predicted molar refractivity (Wildman–Crippen MR) is 208 cm³/mol. The number of hydrogen-bond acceptors (Lipinski definition) is 0. The van der Waals surface area contributed by atoms with Crippen LogP contribution in [0.3, 0.4) is 0 Å². The van der Waals surface area contributed by atoms with Crippen LogP contribution in [0.1, 0.15) is 0 Å². The van der Waals surface area contributed by atoms with E-state index in [-0.39, 0.29) is 0 Å². The lowest BCUT2D eigenvalue weighted by atomic mass is 9.84. The molecule has 0 amide bonds. The second kappa shape index (κ2) is 10.7. The molecule has 0 unspecified atom stereocenters. The number of hydrogen-bond donors (Lipinski definition) is 0. The molecule has 0 aliphatic carbocycles. The molecule has 0 radical (unpaired) electrons. The Labute approximate surface area is 279 Å². The van der Waals surface area contributed by atoms with Crippen LogP contribution in [0.4, 0.5) is 0 Å².